The van der Waals surface area contributed by atoms with Crippen molar-refractivity contribution in [2.75, 3.05) is 14.2 Å². The van der Waals surface area contributed by atoms with Crippen LogP contribution in [0.3, 0.4) is 0 Å². The Morgan fingerprint density at radius 1 is 0.913 bits per heavy atom. The van der Waals surface area contributed by atoms with Crippen LogP contribution in [0.1, 0.15) is 15.9 Å². The quantitative estimate of drug-likeness (QED) is 0.327. The number of phosphoric ester groups is 1. The molecular weight excluding hydrogens is 315 g/mol. The van der Waals surface area contributed by atoms with E-state index in [1.807, 2.05) is 18.2 Å². The molecule has 0 unspecified atom stereocenters. The standard InChI is InChI=1S/C17H17O5P/c1-20-23(19,21-2)22-16(13-14-9-5-3-6-10-14)17(18)15-11-7-4-8-12-15/h3-13H,1-2H3. The van der Waals surface area contributed by atoms with Gasteiger partial charge in [0, 0.05) is 19.8 Å². The van der Waals surface area contributed by atoms with Crippen molar-refractivity contribution in [2.24, 2.45) is 0 Å². The van der Waals surface area contributed by atoms with Gasteiger partial charge in [-0.25, -0.2) is 4.57 Å². The molecule has 120 valence electrons. The van der Waals surface area contributed by atoms with E-state index in [0.717, 1.165) is 5.56 Å². The third kappa shape index (κ3) is 4.63. The number of allylic oxidation sites excluding steroid dienone is 1. The SMILES string of the molecule is COP(=O)(OC)OC(=Cc1ccccc1)C(=O)c1ccccc1. The molecule has 2 aromatic carbocycles. The van der Waals surface area contributed by atoms with E-state index < -0.39 is 13.6 Å². The molecule has 0 N–H and O–H groups in total. The number of benzene rings is 2. The summed E-state index contributed by atoms with van der Waals surface area (Å²) in [6.07, 6.45) is 1.50. The second-order valence-corrected chi connectivity index (χ2v) is 6.33. The lowest BCUT2D eigenvalue weighted by molar-refractivity contribution is 0.0957. The van der Waals surface area contributed by atoms with Crippen molar-refractivity contribution in [1.29, 1.82) is 0 Å². The molecule has 0 radical (unpaired) electrons. The van der Waals surface area contributed by atoms with Gasteiger partial charge in [-0.1, -0.05) is 60.7 Å². The van der Waals surface area contributed by atoms with Crippen LogP contribution in [0, 0.1) is 0 Å². The maximum atomic E-state index is 12.6. The van der Waals surface area contributed by atoms with Crippen LogP contribution < -0.4 is 0 Å². The van der Waals surface area contributed by atoms with Crippen molar-refractivity contribution in [3.63, 3.8) is 0 Å². The van der Waals surface area contributed by atoms with Gasteiger partial charge in [0.2, 0.25) is 5.78 Å². The Morgan fingerprint density at radius 3 is 1.96 bits per heavy atom. The van der Waals surface area contributed by atoms with Gasteiger partial charge in [0.15, 0.2) is 5.76 Å². The van der Waals surface area contributed by atoms with Crippen LogP contribution in [0.5, 0.6) is 0 Å². The molecule has 0 aliphatic heterocycles. The summed E-state index contributed by atoms with van der Waals surface area (Å²) in [5.41, 5.74) is 1.14. The summed E-state index contributed by atoms with van der Waals surface area (Å²) in [7, 11) is -1.45. The average Bonchev–Trinajstić information content (AvgIpc) is 2.62. The fourth-order valence-electron chi connectivity index (χ4n) is 1.84. The van der Waals surface area contributed by atoms with Gasteiger partial charge >= 0.3 is 7.82 Å². The first kappa shape index (κ1) is 17.2. The Kier molecular flexibility index (Phi) is 5.88. The van der Waals surface area contributed by atoms with Crippen LogP contribution in [-0.2, 0) is 18.1 Å². The highest BCUT2D eigenvalue weighted by Crippen LogP contribution is 2.50. The Balaban J connectivity index is 2.41. The number of carbonyl (C=O) groups excluding carboxylic acids is 1. The van der Waals surface area contributed by atoms with E-state index in [0.29, 0.717) is 5.56 Å². The maximum Gasteiger partial charge on any atom is 0.529 e. The normalized spacial score (nSPS) is 12.0. The molecule has 6 heteroatoms. The molecular formula is C17H17O5P. The Bertz CT molecular complexity index is 717. The van der Waals surface area contributed by atoms with Crippen molar-refractivity contribution in [3.05, 3.63) is 77.5 Å². The number of rotatable bonds is 7. The smallest absolute Gasteiger partial charge is 0.400 e. The largest absolute Gasteiger partial charge is 0.529 e. The first-order valence-corrected chi connectivity index (χ1v) is 8.31. The van der Waals surface area contributed by atoms with E-state index in [4.69, 9.17) is 13.6 Å². The number of carbonyl (C=O) groups is 1. The van der Waals surface area contributed by atoms with Gasteiger partial charge in [-0.15, -0.1) is 0 Å². The second-order valence-electron chi connectivity index (χ2n) is 4.52. The molecule has 0 aliphatic carbocycles. The fourth-order valence-corrected chi connectivity index (χ4v) is 2.51. The molecule has 0 heterocycles. The minimum Gasteiger partial charge on any atom is -0.400 e. The van der Waals surface area contributed by atoms with E-state index in [-0.39, 0.29) is 5.76 Å². The molecule has 0 fully saturated rings. The van der Waals surface area contributed by atoms with E-state index in [1.165, 1.54) is 20.3 Å². The lowest BCUT2D eigenvalue weighted by Crippen LogP contribution is -2.07. The van der Waals surface area contributed by atoms with Crippen molar-refractivity contribution in [2.45, 2.75) is 0 Å². The third-order valence-corrected chi connectivity index (χ3v) is 4.33. The van der Waals surface area contributed by atoms with E-state index >= 15 is 0 Å². The fraction of sp³-hybridized carbons (Fsp3) is 0.118. The van der Waals surface area contributed by atoms with Crippen molar-refractivity contribution < 1.29 is 22.9 Å². The average molecular weight is 332 g/mol. The highest BCUT2D eigenvalue weighted by molar-refractivity contribution is 7.48. The predicted molar refractivity (Wildman–Crippen MR) is 87.9 cm³/mol. The molecule has 23 heavy (non-hydrogen) atoms. The van der Waals surface area contributed by atoms with Gasteiger partial charge in [0.1, 0.15) is 0 Å². The predicted octanol–water partition coefficient (Wildman–Crippen LogP) is 4.33. The molecule has 2 rings (SSSR count). The van der Waals surface area contributed by atoms with Crippen LogP contribution in [-0.4, -0.2) is 20.0 Å². The Labute approximate surface area is 135 Å². The van der Waals surface area contributed by atoms with Crippen molar-refractivity contribution in [1.82, 2.24) is 0 Å². The minimum atomic E-state index is -3.84. The Hall–Kier alpha value is -2.20. The maximum absolute atomic E-state index is 12.6. The van der Waals surface area contributed by atoms with E-state index in [1.54, 1.807) is 42.5 Å². The van der Waals surface area contributed by atoms with Crippen LogP contribution in [0.25, 0.3) is 6.08 Å². The molecule has 5 nitrogen and oxygen atoms in total. The number of ketones is 1. The lowest BCUT2D eigenvalue weighted by atomic mass is 10.1. The molecule has 0 amide bonds. The van der Waals surface area contributed by atoms with Gasteiger partial charge in [-0.3, -0.25) is 13.8 Å². The number of hydrogen-bond acceptors (Lipinski definition) is 5. The molecule has 0 spiro atoms. The van der Waals surface area contributed by atoms with E-state index in [9.17, 15) is 9.36 Å². The summed E-state index contributed by atoms with van der Waals surface area (Å²) in [5, 5.41) is 0. The Morgan fingerprint density at radius 2 is 1.43 bits per heavy atom. The molecule has 0 atom stereocenters. The number of hydrogen-bond donors (Lipinski definition) is 0. The molecule has 0 bridgehead atoms. The van der Waals surface area contributed by atoms with Gasteiger partial charge in [0.25, 0.3) is 0 Å². The van der Waals surface area contributed by atoms with Crippen LogP contribution in [0.2, 0.25) is 0 Å². The summed E-state index contributed by atoms with van der Waals surface area (Å²) in [6.45, 7) is 0. The summed E-state index contributed by atoms with van der Waals surface area (Å²) in [5.74, 6) is -0.529. The topological polar surface area (TPSA) is 61.8 Å². The molecule has 0 aliphatic rings. The number of phosphoric acid groups is 1. The zero-order valence-electron chi connectivity index (χ0n) is 12.8. The van der Waals surface area contributed by atoms with Crippen molar-refractivity contribution >= 4 is 19.7 Å². The van der Waals surface area contributed by atoms with Gasteiger partial charge in [-0.05, 0) is 11.6 Å². The summed E-state index contributed by atoms with van der Waals surface area (Å²) >= 11 is 0. The summed E-state index contributed by atoms with van der Waals surface area (Å²) in [6, 6.07) is 17.7. The molecule has 0 saturated carbocycles. The minimum absolute atomic E-state index is 0.116. The summed E-state index contributed by atoms with van der Waals surface area (Å²) < 4.78 is 27.0. The lowest BCUT2D eigenvalue weighted by Gasteiger charge is -2.16. The highest BCUT2D eigenvalue weighted by atomic mass is 31.2. The van der Waals surface area contributed by atoms with Gasteiger partial charge in [-0.2, -0.15) is 0 Å². The van der Waals surface area contributed by atoms with Crippen LogP contribution in [0.4, 0.5) is 0 Å². The van der Waals surface area contributed by atoms with Crippen molar-refractivity contribution in [3.8, 4) is 0 Å². The first-order valence-electron chi connectivity index (χ1n) is 6.85. The van der Waals surface area contributed by atoms with Gasteiger partial charge in [0.05, 0.1) is 0 Å². The van der Waals surface area contributed by atoms with Crippen LogP contribution in [0.15, 0.2) is 66.4 Å². The van der Waals surface area contributed by atoms with E-state index in [2.05, 4.69) is 0 Å². The zero-order valence-corrected chi connectivity index (χ0v) is 13.7. The zero-order chi connectivity index (χ0) is 16.7. The van der Waals surface area contributed by atoms with Crippen LogP contribution >= 0.6 is 7.82 Å². The molecule has 0 saturated heterocycles. The molecule has 2 aromatic rings. The molecule has 0 aromatic heterocycles. The number of Topliss-reactive ketones (excluding diaryl/α,β-unsaturated/α-hetero) is 1. The third-order valence-electron chi connectivity index (χ3n) is 3.01. The monoisotopic (exact) mass is 332 g/mol. The first-order chi connectivity index (χ1) is 11.1. The second kappa shape index (κ2) is 7.88. The highest BCUT2D eigenvalue weighted by Gasteiger charge is 2.29. The van der Waals surface area contributed by atoms with Gasteiger partial charge < -0.3 is 4.52 Å². The summed E-state index contributed by atoms with van der Waals surface area (Å²) in [4.78, 5) is 12.6.